The third-order valence-electron chi connectivity index (χ3n) is 4.66. The molecule has 1 N–H and O–H groups in total. The molecule has 2 heterocycles. The molecule has 0 radical (unpaired) electrons. The highest BCUT2D eigenvalue weighted by Gasteiger charge is 2.24. The number of benzene rings is 1. The summed E-state index contributed by atoms with van der Waals surface area (Å²) in [6, 6.07) is 9.91. The molecule has 7 heteroatoms. The van der Waals surface area contributed by atoms with E-state index in [1.807, 2.05) is 4.90 Å². The monoisotopic (exact) mass is 373 g/mol. The van der Waals surface area contributed by atoms with Crippen molar-refractivity contribution >= 4 is 15.9 Å². The fraction of sp³-hybridized carbons (Fsp3) is 0.368. The van der Waals surface area contributed by atoms with E-state index in [1.165, 1.54) is 12.1 Å². The van der Waals surface area contributed by atoms with Crippen LogP contribution in [0.1, 0.15) is 42.1 Å². The second-order valence-electron chi connectivity index (χ2n) is 6.55. The predicted molar refractivity (Wildman–Crippen MR) is 99.1 cm³/mol. The lowest BCUT2D eigenvalue weighted by Gasteiger charge is -2.33. The Kier molecular flexibility index (Phi) is 5.68. The summed E-state index contributed by atoms with van der Waals surface area (Å²) in [4.78, 5) is 18.6. The van der Waals surface area contributed by atoms with Crippen LogP contribution in [0, 0.1) is 0 Å². The van der Waals surface area contributed by atoms with E-state index in [1.54, 1.807) is 36.7 Å². The zero-order valence-corrected chi connectivity index (χ0v) is 15.6. The number of pyridine rings is 1. The summed E-state index contributed by atoms with van der Waals surface area (Å²) in [5, 5.41) is 0. The second kappa shape index (κ2) is 7.97. The fourth-order valence-electron chi connectivity index (χ4n) is 3.11. The molecule has 1 aliphatic rings. The number of nitrogens with one attached hydrogen (secondary N) is 1. The van der Waals surface area contributed by atoms with Gasteiger partial charge in [0, 0.05) is 37.1 Å². The van der Waals surface area contributed by atoms with Crippen molar-refractivity contribution in [1.29, 1.82) is 0 Å². The van der Waals surface area contributed by atoms with Gasteiger partial charge in [-0.25, -0.2) is 13.1 Å². The Balaban J connectivity index is 1.69. The summed E-state index contributed by atoms with van der Waals surface area (Å²) < 4.78 is 27.4. The summed E-state index contributed by atoms with van der Waals surface area (Å²) in [6.45, 7) is 2.98. The van der Waals surface area contributed by atoms with Crippen molar-refractivity contribution in [2.75, 3.05) is 6.54 Å². The van der Waals surface area contributed by atoms with E-state index < -0.39 is 10.0 Å². The maximum Gasteiger partial charge on any atom is 0.254 e. The number of likely N-dealkylation sites (tertiary alicyclic amines) is 1. The van der Waals surface area contributed by atoms with Crippen LogP contribution in [0.25, 0.3) is 0 Å². The lowest BCUT2D eigenvalue weighted by atomic mass is 10.0. The Hall–Kier alpha value is -2.25. The summed E-state index contributed by atoms with van der Waals surface area (Å²) >= 11 is 0. The number of carbonyl (C=O) groups excluding carboxylic acids is 1. The first-order valence-corrected chi connectivity index (χ1v) is 10.3. The van der Waals surface area contributed by atoms with Gasteiger partial charge in [-0.15, -0.1) is 0 Å². The Morgan fingerprint density at radius 1 is 1.23 bits per heavy atom. The van der Waals surface area contributed by atoms with E-state index in [0.717, 1.165) is 31.4 Å². The average molecular weight is 373 g/mol. The highest BCUT2D eigenvalue weighted by Crippen LogP contribution is 2.20. The Morgan fingerprint density at radius 2 is 2.00 bits per heavy atom. The van der Waals surface area contributed by atoms with Crippen LogP contribution in [0.2, 0.25) is 0 Å². The molecule has 138 valence electrons. The molecule has 0 unspecified atom stereocenters. The molecule has 0 saturated carbocycles. The highest BCUT2D eigenvalue weighted by atomic mass is 32.2. The summed E-state index contributed by atoms with van der Waals surface area (Å²) in [5.74, 6) is -0.0375. The molecular weight excluding hydrogens is 350 g/mol. The van der Waals surface area contributed by atoms with Gasteiger partial charge in [-0.05, 0) is 62.1 Å². The van der Waals surface area contributed by atoms with Crippen LogP contribution < -0.4 is 4.72 Å². The molecule has 1 saturated heterocycles. The Bertz CT molecular complexity index is 851. The molecule has 2 aromatic rings. The van der Waals surface area contributed by atoms with Gasteiger partial charge in [0.25, 0.3) is 5.91 Å². The maximum atomic E-state index is 12.6. The lowest BCUT2D eigenvalue weighted by Crippen LogP contribution is -2.42. The van der Waals surface area contributed by atoms with Crippen LogP contribution in [0.4, 0.5) is 0 Å². The van der Waals surface area contributed by atoms with Gasteiger partial charge in [-0.1, -0.05) is 6.07 Å². The van der Waals surface area contributed by atoms with E-state index in [4.69, 9.17) is 0 Å². The van der Waals surface area contributed by atoms with E-state index in [9.17, 15) is 13.2 Å². The van der Waals surface area contributed by atoms with Gasteiger partial charge in [0.15, 0.2) is 0 Å². The molecule has 0 aliphatic carbocycles. The Labute approximate surface area is 154 Å². The molecule has 1 aromatic heterocycles. The van der Waals surface area contributed by atoms with E-state index >= 15 is 0 Å². The maximum absolute atomic E-state index is 12.6. The third kappa shape index (κ3) is 4.28. The van der Waals surface area contributed by atoms with E-state index in [2.05, 4.69) is 16.6 Å². The summed E-state index contributed by atoms with van der Waals surface area (Å²) in [7, 11) is -3.64. The third-order valence-corrected chi connectivity index (χ3v) is 6.08. The van der Waals surface area contributed by atoms with Crippen molar-refractivity contribution in [3.05, 3.63) is 59.9 Å². The number of carbonyl (C=O) groups is 1. The quantitative estimate of drug-likeness (QED) is 0.874. The molecule has 1 aliphatic heterocycles. The predicted octanol–water partition coefficient (Wildman–Crippen LogP) is 2.57. The van der Waals surface area contributed by atoms with E-state index in [0.29, 0.717) is 5.56 Å². The minimum Gasteiger partial charge on any atom is -0.336 e. The molecule has 26 heavy (non-hydrogen) atoms. The molecule has 1 amide bonds. The topological polar surface area (TPSA) is 79.4 Å². The number of rotatable bonds is 5. The van der Waals surface area contributed by atoms with Crippen LogP contribution in [-0.2, 0) is 16.6 Å². The van der Waals surface area contributed by atoms with Gasteiger partial charge in [-0.3, -0.25) is 9.78 Å². The minimum atomic E-state index is -3.64. The van der Waals surface area contributed by atoms with Gasteiger partial charge >= 0.3 is 0 Å². The van der Waals surface area contributed by atoms with Crippen molar-refractivity contribution in [2.24, 2.45) is 0 Å². The van der Waals surface area contributed by atoms with Gasteiger partial charge in [0.05, 0.1) is 4.90 Å². The number of amides is 1. The SMILES string of the molecule is C[C@@H]1CCCCN1C(=O)c1ccc(S(=O)(=O)NCc2cccnc2)cc1. The number of sulfonamides is 1. The molecule has 0 bridgehead atoms. The average Bonchev–Trinajstić information content (AvgIpc) is 2.67. The Morgan fingerprint density at radius 3 is 2.65 bits per heavy atom. The van der Waals surface area contributed by atoms with Crippen molar-refractivity contribution in [1.82, 2.24) is 14.6 Å². The normalized spacial score (nSPS) is 17.9. The number of hydrogen-bond acceptors (Lipinski definition) is 4. The number of nitrogens with zero attached hydrogens (tertiary/aromatic N) is 2. The summed E-state index contributed by atoms with van der Waals surface area (Å²) in [6.07, 6.45) is 6.42. The minimum absolute atomic E-state index is 0.0375. The van der Waals surface area contributed by atoms with E-state index in [-0.39, 0.29) is 23.4 Å². The van der Waals surface area contributed by atoms with Gasteiger partial charge in [-0.2, -0.15) is 0 Å². The van der Waals surface area contributed by atoms with Crippen molar-refractivity contribution in [3.63, 3.8) is 0 Å². The molecule has 1 aromatic carbocycles. The van der Waals surface area contributed by atoms with Gasteiger partial charge in [0.1, 0.15) is 0 Å². The highest BCUT2D eigenvalue weighted by molar-refractivity contribution is 7.89. The first kappa shape index (κ1) is 18.5. The zero-order valence-electron chi connectivity index (χ0n) is 14.8. The standard InChI is InChI=1S/C19H23N3O3S/c1-15-5-2-3-12-22(15)19(23)17-7-9-18(10-8-17)26(24,25)21-14-16-6-4-11-20-13-16/h4,6-11,13,15,21H,2-3,5,12,14H2,1H3/t15-/m1/s1. The molecule has 1 atom stereocenters. The number of piperidine rings is 1. The van der Waals surface area contributed by atoms with Crippen LogP contribution >= 0.6 is 0 Å². The summed E-state index contributed by atoms with van der Waals surface area (Å²) in [5.41, 5.74) is 1.30. The van der Waals surface area contributed by atoms with Crippen LogP contribution in [0.3, 0.4) is 0 Å². The molecule has 0 spiro atoms. The van der Waals surface area contributed by atoms with Crippen LogP contribution in [-0.4, -0.2) is 36.8 Å². The van der Waals surface area contributed by atoms with Crippen LogP contribution in [0.15, 0.2) is 53.7 Å². The van der Waals surface area contributed by atoms with Crippen molar-refractivity contribution < 1.29 is 13.2 Å². The van der Waals surface area contributed by atoms with Gasteiger partial charge in [0.2, 0.25) is 10.0 Å². The molecular formula is C19H23N3O3S. The largest absolute Gasteiger partial charge is 0.336 e. The second-order valence-corrected chi connectivity index (χ2v) is 8.32. The first-order chi connectivity index (χ1) is 12.5. The number of hydrogen-bond donors (Lipinski definition) is 1. The zero-order chi connectivity index (χ0) is 18.6. The smallest absolute Gasteiger partial charge is 0.254 e. The van der Waals surface area contributed by atoms with Crippen molar-refractivity contribution in [3.8, 4) is 0 Å². The fourth-order valence-corrected chi connectivity index (χ4v) is 4.12. The first-order valence-electron chi connectivity index (χ1n) is 8.77. The molecule has 1 fully saturated rings. The lowest BCUT2D eigenvalue weighted by molar-refractivity contribution is 0.0635. The van der Waals surface area contributed by atoms with Gasteiger partial charge < -0.3 is 4.90 Å². The molecule has 3 rings (SSSR count). The number of aromatic nitrogens is 1. The van der Waals surface area contributed by atoms with Crippen molar-refractivity contribution in [2.45, 2.75) is 43.7 Å². The molecule has 6 nitrogen and oxygen atoms in total. The van der Waals surface area contributed by atoms with Crippen LogP contribution in [0.5, 0.6) is 0 Å².